The maximum atomic E-state index is 12.7. The summed E-state index contributed by atoms with van der Waals surface area (Å²) in [6.45, 7) is 3.94. The quantitative estimate of drug-likeness (QED) is 0.836. The van der Waals surface area contributed by atoms with Crippen molar-refractivity contribution in [3.8, 4) is 0 Å². The molecule has 0 spiro atoms. The fourth-order valence-electron chi connectivity index (χ4n) is 2.58. The Morgan fingerprint density at radius 2 is 2.00 bits per heavy atom. The molecule has 1 fully saturated rings. The minimum atomic E-state index is -0.212. The van der Waals surface area contributed by atoms with Gasteiger partial charge in [-0.05, 0) is 44.5 Å². The lowest BCUT2D eigenvalue weighted by atomic mass is 9.71. The minimum absolute atomic E-state index is 0.212. The molecule has 1 aromatic rings. The number of benzene rings is 1. The van der Waals surface area contributed by atoms with E-state index in [0.29, 0.717) is 10.6 Å². The van der Waals surface area contributed by atoms with Crippen LogP contribution in [0.3, 0.4) is 0 Å². The predicted octanol–water partition coefficient (Wildman–Crippen LogP) is 3.30. The Kier molecular flexibility index (Phi) is 3.85. The summed E-state index contributed by atoms with van der Waals surface area (Å²) in [6.07, 6.45) is 2.71. The molecule has 0 aromatic heterocycles. The van der Waals surface area contributed by atoms with Crippen molar-refractivity contribution in [1.29, 1.82) is 0 Å². The first-order chi connectivity index (χ1) is 8.19. The van der Waals surface area contributed by atoms with Crippen LogP contribution in [-0.4, -0.2) is 18.9 Å². The van der Waals surface area contributed by atoms with E-state index in [4.69, 9.17) is 11.6 Å². The van der Waals surface area contributed by atoms with E-state index in [0.717, 1.165) is 32.4 Å². The maximum Gasteiger partial charge on any atom is 0.170 e. The third-order valence-electron chi connectivity index (χ3n) is 3.84. The highest BCUT2D eigenvalue weighted by Gasteiger charge is 2.38. The van der Waals surface area contributed by atoms with Crippen molar-refractivity contribution in [2.75, 3.05) is 13.1 Å². The summed E-state index contributed by atoms with van der Waals surface area (Å²) in [7, 11) is 0. The summed E-state index contributed by atoms with van der Waals surface area (Å²) in [4.78, 5) is 12.7. The van der Waals surface area contributed by atoms with Gasteiger partial charge in [0.2, 0.25) is 0 Å². The van der Waals surface area contributed by atoms with Crippen LogP contribution >= 0.6 is 11.6 Å². The van der Waals surface area contributed by atoms with Gasteiger partial charge in [0.05, 0.1) is 5.02 Å². The lowest BCUT2D eigenvalue weighted by Crippen LogP contribution is -2.41. The third-order valence-corrected chi connectivity index (χ3v) is 4.17. The number of piperidine rings is 1. The van der Waals surface area contributed by atoms with Crippen molar-refractivity contribution in [1.82, 2.24) is 5.32 Å². The van der Waals surface area contributed by atoms with E-state index >= 15 is 0 Å². The molecule has 1 N–H and O–H groups in total. The standard InChI is InChI=1S/C14H18ClNO/c1-2-14(7-9-16-10-8-14)13(17)11-5-3-4-6-12(11)15/h3-6,16H,2,7-10H2,1H3. The molecule has 2 nitrogen and oxygen atoms in total. The average Bonchev–Trinajstić information content (AvgIpc) is 2.39. The van der Waals surface area contributed by atoms with Gasteiger partial charge in [0, 0.05) is 11.0 Å². The molecule has 17 heavy (non-hydrogen) atoms. The van der Waals surface area contributed by atoms with E-state index in [-0.39, 0.29) is 11.2 Å². The average molecular weight is 252 g/mol. The van der Waals surface area contributed by atoms with Crippen molar-refractivity contribution >= 4 is 17.4 Å². The molecule has 1 heterocycles. The van der Waals surface area contributed by atoms with Crippen molar-refractivity contribution in [2.45, 2.75) is 26.2 Å². The SMILES string of the molecule is CCC1(C(=O)c2ccccc2Cl)CCNCC1. The number of carbonyl (C=O) groups is 1. The van der Waals surface area contributed by atoms with Crippen LogP contribution in [0.25, 0.3) is 0 Å². The molecule has 1 aromatic carbocycles. The van der Waals surface area contributed by atoms with Gasteiger partial charge in [-0.2, -0.15) is 0 Å². The fourth-order valence-corrected chi connectivity index (χ4v) is 2.80. The van der Waals surface area contributed by atoms with Gasteiger partial charge < -0.3 is 5.32 Å². The Morgan fingerprint density at radius 1 is 1.35 bits per heavy atom. The molecule has 92 valence electrons. The van der Waals surface area contributed by atoms with Crippen molar-refractivity contribution < 1.29 is 4.79 Å². The number of carbonyl (C=O) groups excluding carboxylic acids is 1. The Bertz CT molecular complexity index is 410. The van der Waals surface area contributed by atoms with E-state index < -0.39 is 0 Å². The summed E-state index contributed by atoms with van der Waals surface area (Å²) in [5, 5.41) is 3.88. The molecule has 0 aliphatic carbocycles. The van der Waals surface area contributed by atoms with E-state index in [1.807, 2.05) is 18.2 Å². The molecule has 0 atom stereocenters. The summed E-state index contributed by atoms with van der Waals surface area (Å²) >= 11 is 6.12. The fraction of sp³-hybridized carbons (Fsp3) is 0.500. The molecule has 0 amide bonds. The van der Waals surface area contributed by atoms with E-state index in [9.17, 15) is 4.79 Å². The normalized spacial score (nSPS) is 18.9. The molecule has 1 aliphatic rings. The van der Waals surface area contributed by atoms with Crippen LogP contribution < -0.4 is 5.32 Å². The molecule has 1 aliphatic heterocycles. The van der Waals surface area contributed by atoms with Crippen LogP contribution in [0.4, 0.5) is 0 Å². The number of ketones is 1. The number of hydrogen-bond acceptors (Lipinski definition) is 2. The first-order valence-corrected chi connectivity index (χ1v) is 6.57. The van der Waals surface area contributed by atoms with Crippen LogP contribution in [-0.2, 0) is 0 Å². The summed E-state index contributed by atoms with van der Waals surface area (Å²) in [5.74, 6) is 0.215. The number of Topliss-reactive ketones (excluding diaryl/α,β-unsaturated/α-hetero) is 1. The Hall–Kier alpha value is -0.860. The molecule has 0 bridgehead atoms. The first kappa shape index (κ1) is 12.6. The topological polar surface area (TPSA) is 29.1 Å². The smallest absolute Gasteiger partial charge is 0.170 e. The van der Waals surface area contributed by atoms with Crippen LogP contribution in [0, 0.1) is 5.41 Å². The largest absolute Gasteiger partial charge is 0.317 e. The zero-order chi connectivity index (χ0) is 12.3. The minimum Gasteiger partial charge on any atom is -0.317 e. The second-order valence-corrected chi connectivity index (χ2v) is 5.10. The highest BCUT2D eigenvalue weighted by molar-refractivity contribution is 6.34. The third kappa shape index (κ3) is 2.38. The second-order valence-electron chi connectivity index (χ2n) is 4.69. The summed E-state index contributed by atoms with van der Waals surface area (Å²) in [5.41, 5.74) is 0.467. The van der Waals surface area contributed by atoms with Gasteiger partial charge in [-0.15, -0.1) is 0 Å². The van der Waals surface area contributed by atoms with Gasteiger partial charge in [0.25, 0.3) is 0 Å². The first-order valence-electron chi connectivity index (χ1n) is 6.20. The molecule has 3 heteroatoms. The van der Waals surface area contributed by atoms with Gasteiger partial charge in [0.15, 0.2) is 5.78 Å². The van der Waals surface area contributed by atoms with Crippen LogP contribution in [0.5, 0.6) is 0 Å². The lowest BCUT2D eigenvalue weighted by molar-refractivity contribution is 0.0718. The van der Waals surface area contributed by atoms with Gasteiger partial charge in [0.1, 0.15) is 0 Å². The molecular formula is C14H18ClNO. The maximum absolute atomic E-state index is 12.7. The van der Waals surface area contributed by atoms with Crippen LogP contribution in [0.1, 0.15) is 36.5 Å². The monoisotopic (exact) mass is 251 g/mol. The molecule has 0 radical (unpaired) electrons. The highest BCUT2D eigenvalue weighted by atomic mass is 35.5. The number of nitrogens with one attached hydrogen (secondary N) is 1. The van der Waals surface area contributed by atoms with Crippen LogP contribution in [0.2, 0.25) is 5.02 Å². The molecule has 1 saturated heterocycles. The van der Waals surface area contributed by atoms with Crippen molar-refractivity contribution in [3.05, 3.63) is 34.9 Å². The molecular weight excluding hydrogens is 234 g/mol. The predicted molar refractivity (Wildman–Crippen MR) is 70.6 cm³/mol. The highest BCUT2D eigenvalue weighted by Crippen LogP contribution is 2.37. The van der Waals surface area contributed by atoms with Gasteiger partial charge >= 0.3 is 0 Å². The van der Waals surface area contributed by atoms with Crippen molar-refractivity contribution in [2.24, 2.45) is 5.41 Å². The zero-order valence-electron chi connectivity index (χ0n) is 10.1. The number of halogens is 1. The van der Waals surface area contributed by atoms with Crippen molar-refractivity contribution in [3.63, 3.8) is 0 Å². The Labute approximate surface area is 107 Å². The van der Waals surface area contributed by atoms with E-state index in [2.05, 4.69) is 12.2 Å². The van der Waals surface area contributed by atoms with Gasteiger partial charge in [-0.3, -0.25) is 4.79 Å². The molecule has 0 unspecified atom stereocenters. The summed E-state index contributed by atoms with van der Waals surface area (Å²) < 4.78 is 0. The zero-order valence-corrected chi connectivity index (χ0v) is 10.9. The Balaban J connectivity index is 2.32. The molecule has 0 saturated carbocycles. The number of hydrogen-bond donors (Lipinski definition) is 1. The van der Waals surface area contributed by atoms with E-state index in [1.54, 1.807) is 6.07 Å². The molecule has 2 rings (SSSR count). The van der Waals surface area contributed by atoms with Gasteiger partial charge in [-0.1, -0.05) is 30.7 Å². The number of rotatable bonds is 3. The summed E-state index contributed by atoms with van der Waals surface area (Å²) in [6, 6.07) is 7.37. The van der Waals surface area contributed by atoms with E-state index in [1.165, 1.54) is 0 Å². The van der Waals surface area contributed by atoms with Gasteiger partial charge in [-0.25, -0.2) is 0 Å². The second kappa shape index (κ2) is 5.19. The Morgan fingerprint density at radius 3 is 2.59 bits per heavy atom. The van der Waals surface area contributed by atoms with Crippen LogP contribution in [0.15, 0.2) is 24.3 Å². The lowest BCUT2D eigenvalue weighted by Gasteiger charge is -2.35.